The lowest BCUT2D eigenvalue weighted by Gasteiger charge is -2.50. The molecule has 2 aliphatic heterocycles. The molecule has 0 radical (unpaired) electrons. The van der Waals surface area contributed by atoms with Gasteiger partial charge in [-0.15, -0.1) is 0 Å². The van der Waals surface area contributed by atoms with E-state index >= 15 is 0 Å². The molecule has 1 aromatic carbocycles. The summed E-state index contributed by atoms with van der Waals surface area (Å²) in [5.41, 5.74) is 5.68. The molecule has 3 aromatic rings. The number of fused-ring (bicyclic) bond motifs is 1. The Morgan fingerprint density at radius 1 is 1.00 bits per heavy atom. The highest BCUT2D eigenvalue weighted by atomic mass is 16.5. The molecule has 6 nitrogen and oxygen atoms in total. The fourth-order valence-corrected chi connectivity index (χ4v) is 7.27. The minimum atomic E-state index is 0.608. The van der Waals surface area contributed by atoms with Crippen molar-refractivity contribution < 1.29 is 9.47 Å². The van der Waals surface area contributed by atoms with Gasteiger partial charge in [0.1, 0.15) is 5.65 Å². The van der Waals surface area contributed by atoms with Gasteiger partial charge in [0.2, 0.25) is 0 Å². The molecule has 206 valence electrons. The van der Waals surface area contributed by atoms with E-state index in [9.17, 15) is 0 Å². The maximum absolute atomic E-state index is 5.51. The standard InChI is InChI=1S/C32H46N4O2/c1-8-27-18-28(16-23(5)36(27)21(2)3)34-13-11-24(12-14-34)26-15-22(4)32-33-29(20-35(32)19-26)25-9-10-30(37-6)31(17-25)38-7/h9-10,15,17,19-21,23-24,27-28H,8,11-14,16,18H2,1-7H3. The van der Waals surface area contributed by atoms with E-state index in [-0.39, 0.29) is 0 Å². The largest absolute Gasteiger partial charge is 0.493 e. The molecule has 0 bridgehead atoms. The molecule has 3 atom stereocenters. The zero-order valence-electron chi connectivity index (χ0n) is 24.4. The Balaban J connectivity index is 1.30. The number of benzene rings is 1. The van der Waals surface area contributed by atoms with Crippen molar-refractivity contribution in [2.75, 3.05) is 27.3 Å². The van der Waals surface area contributed by atoms with Crippen LogP contribution in [0.25, 0.3) is 16.9 Å². The third-order valence-electron chi connectivity index (χ3n) is 9.11. The van der Waals surface area contributed by atoms with Crippen LogP contribution in [0.1, 0.15) is 76.8 Å². The highest BCUT2D eigenvalue weighted by Gasteiger charge is 2.37. The summed E-state index contributed by atoms with van der Waals surface area (Å²) >= 11 is 0. The number of aromatic nitrogens is 2. The Bertz CT molecular complexity index is 1240. The van der Waals surface area contributed by atoms with Gasteiger partial charge < -0.3 is 18.8 Å². The molecule has 2 fully saturated rings. The number of likely N-dealkylation sites (tertiary alicyclic amines) is 2. The Hall–Kier alpha value is -2.57. The van der Waals surface area contributed by atoms with Crippen LogP contribution in [-0.2, 0) is 0 Å². The number of ether oxygens (including phenoxy) is 2. The predicted octanol–water partition coefficient (Wildman–Crippen LogP) is 6.55. The van der Waals surface area contributed by atoms with Gasteiger partial charge >= 0.3 is 0 Å². The van der Waals surface area contributed by atoms with Crippen LogP contribution in [0, 0.1) is 6.92 Å². The molecule has 0 spiro atoms. The lowest BCUT2D eigenvalue weighted by molar-refractivity contribution is -0.000184. The van der Waals surface area contributed by atoms with E-state index in [1.165, 1.54) is 56.3 Å². The van der Waals surface area contributed by atoms with Crippen LogP contribution in [0.3, 0.4) is 0 Å². The summed E-state index contributed by atoms with van der Waals surface area (Å²) in [7, 11) is 3.33. The van der Waals surface area contributed by atoms with E-state index in [0.29, 0.717) is 24.0 Å². The molecule has 2 aliphatic rings. The van der Waals surface area contributed by atoms with E-state index in [4.69, 9.17) is 14.5 Å². The predicted molar refractivity (Wildman–Crippen MR) is 156 cm³/mol. The van der Waals surface area contributed by atoms with Crippen molar-refractivity contribution in [2.24, 2.45) is 0 Å². The minimum absolute atomic E-state index is 0.608. The SMILES string of the molecule is CCC1CC(N2CCC(c3cc(C)c4nc(-c5ccc(OC)c(OC)c5)cn4c3)CC2)CC(C)N1C(C)C. The quantitative estimate of drug-likeness (QED) is 0.355. The maximum atomic E-state index is 5.51. The van der Waals surface area contributed by atoms with Crippen LogP contribution in [0.15, 0.2) is 36.7 Å². The van der Waals surface area contributed by atoms with E-state index in [1.54, 1.807) is 14.2 Å². The monoisotopic (exact) mass is 518 g/mol. The van der Waals surface area contributed by atoms with Crippen LogP contribution < -0.4 is 9.47 Å². The van der Waals surface area contributed by atoms with E-state index in [2.05, 4.69) is 67.3 Å². The number of hydrogen-bond acceptors (Lipinski definition) is 5. The summed E-state index contributed by atoms with van der Waals surface area (Å²) < 4.78 is 13.1. The second-order valence-corrected chi connectivity index (χ2v) is 11.8. The normalized spacial score (nSPS) is 23.8. The Morgan fingerprint density at radius 2 is 1.74 bits per heavy atom. The zero-order chi connectivity index (χ0) is 27.0. The van der Waals surface area contributed by atoms with Gasteiger partial charge in [-0.1, -0.05) is 13.0 Å². The third kappa shape index (κ3) is 5.17. The summed E-state index contributed by atoms with van der Waals surface area (Å²) in [6.07, 6.45) is 10.8. The average molecular weight is 519 g/mol. The molecule has 6 heteroatoms. The van der Waals surface area contributed by atoms with Crippen LogP contribution in [0.4, 0.5) is 0 Å². The van der Waals surface area contributed by atoms with Crippen molar-refractivity contribution >= 4 is 5.65 Å². The van der Waals surface area contributed by atoms with E-state index in [1.807, 2.05) is 18.2 Å². The molecule has 3 unspecified atom stereocenters. The molecule has 0 aliphatic carbocycles. The summed E-state index contributed by atoms with van der Waals surface area (Å²) in [5, 5.41) is 0. The topological polar surface area (TPSA) is 42.2 Å². The van der Waals surface area contributed by atoms with Gasteiger partial charge in [-0.25, -0.2) is 4.98 Å². The molecule has 4 heterocycles. The van der Waals surface area contributed by atoms with Crippen LogP contribution in [-0.4, -0.2) is 70.7 Å². The maximum Gasteiger partial charge on any atom is 0.161 e. The molecular formula is C32H46N4O2. The highest BCUT2D eigenvalue weighted by molar-refractivity contribution is 5.67. The van der Waals surface area contributed by atoms with Gasteiger partial charge in [-0.2, -0.15) is 0 Å². The number of hydrogen-bond donors (Lipinski definition) is 0. The van der Waals surface area contributed by atoms with Gasteiger partial charge in [-0.05, 0) is 108 Å². The first-order valence-corrected chi connectivity index (χ1v) is 14.6. The molecule has 0 amide bonds. The third-order valence-corrected chi connectivity index (χ3v) is 9.11. The molecule has 0 N–H and O–H groups in total. The molecular weight excluding hydrogens is 472 g/mol. The lowest BCUT2D eigenvalue weighted by atomic mass is 9.85. The number of imidazole rings is 1. The molecule has 38 heavy (non-hydrogen) atoms. The lowest BCUT2D eigenvalue weighted by Crippen LogP contribution is -2.56. The van der Waals surface area contributed by atoms with Crippen molar-refractivity contribution in [1.29, 1.82) is 0 Å². The molecule has 2 aromatic heterocycles. The Labute approximate surface area is 228 Å². The first kappa shape index (κ1) is 27.0. The van der Waals surface area contributed by atoms with Crippen molar-refractivity contribution in [1.82, 2.24) is 19.2 Å². The number of piperidine rings is 2. The van der Waals surface area contributed by atoms with Crippen LogP contribution in [0.5, 0.6) is 11.5 Å². The molecule has 5 rings (SSSR count). The molecule has 0 saturated carbocycles. The smallest absolute Gasteiger partial charge is 0.161 e. The molecule has 2 saturated heterocycles. The van der Waals surface area contributed by atoms with Crippen LogP contribution in [0.2, 0.25) is 0 Å². The second-order valence-electron chi connectivity index (χ2n) is 11.8. The number of methoxy groups -OCH3 is 2. The zero-order valence-corrected chi connectivity index (χ0v) is 24.4. The number of aryl methyl sites for hydroxylation is 1. The fraction of sp³-hybridized carbons (Fsp3) is 0.594. The summed E-state index contributed by atoms with van der Waals surface area (Å²) in [4.78, 5) is 10.5. The summed E-state index contributed by atoms with van der Waals surface area (Å²) in [6.45, 7) is 14.1. The minimum Gasteiger partial charge on any atom is -0.493 e. The Morgan fingerprint density at radius 3 is 2.39 bits per heavy atom. The fourth-order valence-electron chi connectivity index (χ4n) is 7.27. The van der Waals surface area contributed by atoms with Gasteiger partial charge in [0.05, 0.1) is 19.9 Å². The Kier molecular flexibility index (Phi) is 8.01. The number of rotatable bonds is 7. The number of nitrogens with zero attached hydrogens (tertiary/aromatic N) is 4. The summed E-state index contributed by atoms with van der Waals surface area (Å²) in [5.74, 6) is 2.06. The van der Waals surface area contributed by atoms with Gasteiger partial charge in [0, 0.05) is 42.1 Å². The van der Waals surface area contributed by atoms with Gasteiger partial charge in [-0.3, -0.25) is 4.90 Å². The first-order valence-electron chi connectivity index (χ1n) is 14.6. The summed E-state index contributed by atoms with van der Waals surface area (Å²) in [6, 6.07) is 11.1. The van der Waals surface area contributed by atoms with Crippen molar-refractivity contribution in [3.05, 3.63) is 47.8 Å². The second kappa shape index (κ2) is 11.3. The van der Waals surface area contributed by atoms with Crippen molar-refractivity contribution in [2.45, 2.75) is 96.8 Å². The number of pyridine rings is 1. The van der Waals surface area contributed by atoms with Crippen molar-refractivity contribution in [3.63, 3.8) is 0 Å². The van der Waals surface area contributed by atoms with E-state index in [0.717, 1.165) is 34.4 Å². The van der Waals surface area contributed by atoms with E-state index < -0.39 is 0 Å². The highest BCUT2D eigenvalue weighted by Crippen LogP contribution is 2.36. The first-order chi connectivity index (χ1) is 18.3. The van der Waals surface area contributed by atoms with Crippen molar-refractivity contribution in [3.8, 4) is 22.8 Å². The average Bonchev–Trinajstić information content (AvgIpc) is 3.37. The van der Waals surface area contributed by atoms with Gasteiger partial charge in [0.25, 0.3) is 0 Å². The van der Waals surface area contributed by atoms with Crippen LogP contribution >= 0.6 is 0 Å². The van der Waals surface area contributed by atoms with Gasteiger partial charge in [0.15, 0.2) is 11.5 Å².